The second kappa shape index (κ2) is 7.37. The van der Waals surface area contributed by atoms with Gasteiger partial charge < -0.3 is 5.32 Å². The lowest BCUT2D eigenvalue weighted by Gasteiger charge is -2.24. The number of amides is 1. The van der Waals surface area contributed by atoms with Gasteiger partial charge in [-0.2, -0.15) is 0 Å². The average molecular weight is 407 g/mol. The topological polar surface area (TPSA) is 66.5 Å². The van der Waals surface area contributed by atoms with E-state index in [-0.39, 0.29) is 16.8 Å². The monoisotopic (exact) mass is 406 g/mol. The van der Waals surface area contributed by atoms with E-state index in [2.05, 4.69) is 5.32 Å². The van der Waals surface area contributed by atoms with E-state index in [9.17, 15) is 13.2 Å². The molecule has 6 heteroatoms. The van der Waals surface area contributed by atoms with E-state index in [1.54, 1.807) is 48.5 Å². The predicted octanol–water partition coefficient (Wildman–Crippen LogP) is 4.39. The summed E-state index contributed by atoms with van der Waals surface area (Å²) >= 11 is 0. The molecule has 0 saturated carbocycles. The second-order valence-electron chi connectivity index (χ2n) is 7.33. The number of hydrogen-bond acceptors (Lipinski definition) is 3. The van der Waals surface area contributed by atoms with Gasteiger partial charge in [0.15, 0.2) is 0 Å². The molecule has 0 fully saturated rings. The van der Waals surface area contributed by atoms with Gasteiger partial charge in [0.05, 0.1) is 10.6 Å². The number of nitrogens with one attached hydrogen (secondary N) is 1. The van der Waals surface area contributed by atoms with Crippen LogP contribution in [0.2, 0.25) is 0 Å². The normalized spacial score (nSPS) is 15.8. The lowest BCUT2D eigenvalue weighted by atomic mass is 10.1. The third kappa shape index (κ3) is 3.63. The van der Waals surface area contributed by atoms with Crippen molar-refractivity contribution in [3.8, 4) is 0 Å². The molecule has 0 aromatic heterocycles. The summed E-state index contributed by atoms with van der Waals surface area (Å²) in [5, 5.41) is 2.90. The lowest BCUT2D eigenvalue weighted by molar-refractivity contribution is 0.102. The van der Waals surface area contributed by atoms with Crippen LogP contribution in [0.25, 0.3) is 0 Å². The SMILES string of the molecule is Cc1cccc(NC(=O)c2ccc3c(c2)C[C@@H](C)N3S(=O)(=O)c2ccccc2)c1. The van der Waals surface area contributed by atoms with Gasteiger partial charge in [0.2, 0.25) is 0 Å². The molecule has 1 heterocycles. The van der Waals surface area contributed by atoms with Crippen molar-refractivity contribution in [1.29, 1.82) is 0 Å². The molecule has 0 radical (unpaired) electrons. The third-order valence-corrected chi connectivity index (χ3v) is 7.01. The van der Waals surface area contributed by atoms with Gasteiger partial charge in [0.25, 0.3) is 15.9 Å². The van der Waals surface area contributed by atoms with Crippen molar-refractivity contribution in [3.05, 3.63) is 89.5 Å². The van der Waals surface area contributed by atoms with E-state index in [4.69, 9.17) is 0 Å². The van der Waals surface area contributed by atoms with Crippen LogP contribution in [-0.2, 0) is 16.4 Å². The quantitative estimate of drug-likeness (QED) is 0.699. The van der Waals surface area contributed by atoms with Gasteiger partial charge in [-0.1, -0.05) is 30.3 Å². The standard InChI is InChI=1S/C23H22N2O3S/c1-16-7-6-8-20(13-16)24-23(26)18-11-12-22-19(15-18)14-17(2)25(22)29(27,28)21-9-4-3-5-10-21/h3-13,15,17H,14H2,1-2H3,(H,24,26)/t17-/m1/s1. The number of aryl methyl sites for hydroxylation is 1. The first-order valence-electron chi connectivity index (χ1n) is 9.47. The van der Waals surface area contributed by atoms with E-state index in [1.807, 2.05) is 38.1 Å². The lowest BCUT2D eigenvalue weighted by Crippen LogP contribution is -2.35. The van der Waals surface area contributed by atoms with Gasteiger partial charge in [0.1, 0.15) is 0 Å². The first kappa shape index (κ1) is 19.2. The van der Waals surface area contributed by atoms with E-state index in [0.29, 0.717) is 17.7 Å². The maximum atomic E-state index is 13.1. The van der Waals surface area contributed by atoms with E-state index in [0.717, 1.165) is 16.8 Å². The summed E-state index contributed by atoms with van der Waals surface area (Å²) in [7, 11) is -3.65. The molecule has 0 bridgehead atoms. The molecule has 29 heavy (non-hydrogen) atoms. The molecule has 3 aromatic carbocycles. The molecule has 0 aliphatic carbocycles. The van der Waals surface area contributed by atoms with Crippen LogP contribution in [0.3, 0.4) is 0 Å². The number of sulfonamides is 1. The Morgan fingerprint density at radius 3 is 2.48 bits per heavy atom. The Kier molecular flexibility index (Phi) is 4.88. The van der Waals surface area contributed by atoms with Gasteiger partial charge in [-0.05, 0) is 73.9 Å². The Morgan fingerprint density at radius 2 is 1.76 bits per heavy atom. The first-order valence-corrected chi connectivity index (χ1v) is 10.9. The molecule has 1 atom stereocenters. The molecule has 4 rings (SSSR count). The van der Waals surface area contributed by atoms with Gasteiger partial charge in [-0.3, -0.25) is 9.10 Å². The number of hydrogen-bond donors (Lipinski definition) is 1. The smallest absolute Gasteiger partial charge is 0.264 e. The largest absolute Gasteiger partial charge is 0.322 e. The fourth-order valence-corrected chi connectivity index (χ4v) is 5.46. The van der Waals surface area contributed by atoms with Crippen LogP contribution in [-0.4, -0.2) is 20.4 Å². The van der Waals surface area contributed by atoms with E-state index >= 15 is 0 Å². The molecule has 0 spiro atoms. The number of fused-ring (bicyclic) bond motifs is 1. The molecule has 5 nitrogen and oxygen atoms in total. The van der Waals surface area contributed by atoms with Crippen molar-refractivity contribution >= 4 is 27.3 Å². The Balaban J connectivity index is 1.63. The van der Waals surface area contributed by atoms with Crippen LogP contribution in [0.4, 0.5) is 11.4 Å². The second-order valence-corrected chi connectivity index (χ2v) is 9.15. The van der Waals surface area contributed by atoms with Gasteiger partial charge in [0, 0.05) is 17.3 Å². The van der Waals surface area contributed by atoms with Crippen molar-refractivity contribution in [3.63, 3.8) is 0 Å². The fourth-order valence-electron chi connectivity index (χ4n) is 3.74. The van der Waals surface area contributed by atoms with Crippen molar-refractivity contribution in [2.24, 2.45) is 0 Å². The summed E-state index contributed by atoms with van der Waals surface area (Å²) in [5.41, 5.74) is 3.79. The number of carbonyl (C=O) groups excluding carboxylic acids is 1. The molecule has 148 valence electrons. The number of benzene rings is 3. The van der Waals surface area contributed by atoms with Crippen molar-refractivity contribution in [1.82, 2.24) is 0 Å². The maximum absolute atomic E-state index is 13.1. The Labute approximate surface area is 171 Å². The van der Waals surface area contributed by atoms with Crippen LogP contribution < -0.4 is 9.62 Å². The zero-order valence-electron chi connectivity index (χ0n) is 16.3. The average Bonchev–Trinajstić information content (AvgIpc) is 3.04. The molecule has 0 unspecified atom stereocenters. The van der Waals surface area contributed by atoms with Crippen molar-refractivity contribution in [2.75, 3.05) is 9.62 Å². The molecule has 1 aliphatic heterocycles. The van der Waals surface area contributed by atoms with Crippen LogP contribution in [0.1, 0.15) is 28.4 Å². The Bertz CT molecular complexity index is 1170. The number of rotatable bonds is 4. The van der Waals surface area contributed by atoms with Crippen LogP contribution in [0.5, 0.6) is 0 Å². The maximum Gasteiger partial charge on any atom is 0.264 e. The van der Waals surface area contributed by atoms with Crippen LogP contribution >= 0.6 is 0 Å². The Hall–Kier alpha value is -3.12. The number of carbonyl (C=O) groups is 1. The highest BCUT2D eigenvalue weighted by atomic mass is 32.2. The third-order valence-electron chi connectivity index (χ3n) is 5.07. The minimum atomic E-state index is -3.65. The molecular formula is C23H22N2O3S. The molecule has 1 N–H and O–H groups in total. The number of anilines is 2. The van der Waals surface area contributed by atoms with E-state index in [1.165, 1.54) is 4.31 Å². The van der Waals surface area contributed by atoms with Crippen molar-refractivity contribution < 1.29 is 13.2 Å². The van der Waals surface area contributed by atoms with Gasteiger partial charge in [-0.15, -0.1) is 0 Å². The van der Waals surface area contributed by atoms with Crippen LogP contribution in [0.15, 0.2) is 77.7 Å². The van der Waals surface area contributed by atoms with Crippen LogP contribution in [0, 0.1) is 6.92 Å². The number of nitrogens with zero attached hydrogens (tertiary/aromatic N) is 1. The predicted molar refractivity (Wildman–Crippen MR) is 115 cm³/mol. The fraction of sp³-hybridized carbons (Fsp3) is 0.174. The molecule has 1 aliphatic rings. The van der Waals surface area contributed by atoms with E-state index < -0.39 is 10.0 Å². The van der Waals surface area contributed by atoms with Crippen molar-refractivity contribution in [2.45, 2.75) is 31.2 Å². The molecule has 3 aromatic rings. The summed E-state index contributed by atoms with van der Waals surface area (Å²) in [6, 6.07) is 21.0. The summed E-state index contributed by atoms with van der Waals surface area (Å²) in [4.78, 5) is 12.9. The zero-order chi connectivity index (χ0) is 20.6. The molecule has 1 amide bonds. The zero-order valence-corrected chi connectivity index (χ0v) is 17.1. The summed E-state index contributed by atoms with van der Waals surface area (Å²) in [5.74, 6) is -0.213. The summed E-state index contributed by atoms with van der Waals surface area (Å²) in [6.45, 7) is 3.85. The molecule has 0 saturated heterocycles. The minimum Gasteiger partial charge on any atom is -0.322 e. The highest BCUT2D eigenvalue weighted by molar-refractivity contribution is 7.92. The highest BCUT2D eigenvalue weighted by Crippen LogP contribution is 2.37. The van der Waals surface area contributed by atoms with Gasteiger partial charge in [-0.25, -0.2) is 8.42 Å². The highest BCUT2D eigenvalue weighted by Gasteiger charge is 2.36. The van der Waals surface area contributed by atoms with Gasteiger partial charge >= 0.3 is 0 Å². The first-order chi connectivity index (χ1) is 13.9. The Morgan fingerprint density at radius 1 is 1.00 bits per heavy atom. The summed E-state index contributed by atoms with van der Waals surface area (Å²) in [6.07, 6.45) is 0.562. The molecular weight excluding hydrogens is 384 g/mol. The summed E-state index contributed by atoms with van der Waals surface area (Å²) < 4.78 is 27.8. The minimum absolute atomic E-state index is 0.213.